The summed E-state index contributed by atoms with van der Waals surface area (Å²) in [6, 6.07) is 11.8. The van der Waals surface area contributed by atoms with Crippen molar-refractivity contribution in [1.82, 2.24) is 14.9 Å². The number of hydrogen-bond donors (Lipinski definition) is 1. The number of nitro benzene ring substituents is 2. The number of aromatic nitrogens is 2. The molecular weight excluding hydrogens is 542 g/mol. The number of ketones is 2. The number of imidazole rings is 1. The van der Waals surface area contributed by atoms with Crippen LogP contribution in [0.4, 0.5) is 11.4 Å². The predicted molar refractivity (Wildman–Crippen MR) is 155 cm³/mol. The number of nitrogens with zero attached hydrogens (tertiary/aromatic N) is 4. The molecule has 3 atom stereocenters. The Labute approximate surface area is 243 Å². The summed E-state index contributed by atoms with van der Waals surface area (Å²) in [5, 5.41) is 26.4. The Hall–Kier alpha value is -4.74. The number of nitro groups is 2. The number of benzene rings is 2. The van der Waals surface area contributed by atoms with Gasteiger partial charge in [0.15, 0.2) is 5.78 Å². The maximum Gasteiger partial charge on any atom is 0.300 e. The van der Waals surface area contributed by atoms with Gasteiger partial charge in [0.05, 0.1) is 22.2 Å². The van der Waals surface area contributed by atoms with E-state index in [0.717, 1.165) is 30.5 Å². The molecule has 0 aliphatic heterocycles. The van der Waals surface area contributed by atoms with Gasteiger partial charge in [-0.1, -0.05) is 57.0 Å². The molecule has 12 heteroatoms. The summed E-state index contributed by atoms with van der Waals surface area (Å²) in [5.74, 6) is -1.89. The summed E-state index contributed by atoms with van der Waals surface area (Å²) in [5.41, 5.74) is -0.138. The highest BCUT2D eigenvalue weighted by Crippen LogP contribution is 2.33. The summed E-state index contributed by atoms with van der Waals surface area (Å²) in [6.07, 6.45) is 4.88. The number of amides is 1. The van der Waals surface area contributed by atoms with E-state index in [2.05, 4.69) is 10.3 Å². The third-order valence-electron chi connectivity index (χ3n) is 7.22. The fourth-order valence-electron chi connectivity index (χ4n) is 4.85. The van der Waals surface area contributed by atoms with Crippen molar-refractivity contribution < 1.29 is 24.2 Å². The van der Waals surface area contributed by atoms with Crippen LogP contribution in [0.5, 0.6) is 0 Å². The molecule has 0 aliphatic rings. The van der Waals surface area contributed by atoms with Gasteiger partial charge in [-0.05, 0) is 31.4 Å². The van der Waals surface area contributed by atoms with E-state index in [0.29, 0.717) is 12.8 Å². The molecule has 0 saturated heterocycles. The number of unbranched alkanes of at least 4 members (excludes halogenated alkanes) is 1. The molecule has 1 amide bonds. The highest BCUT2D eigenvalue weighted by atomic mass is 16.6. The number of carbonyl (C=O) groups is 3. The van der Waals surface area contributed by atoms with Crippen molar-refractivity contribution in [3.05, 3.63) is 92.5 Å². The van der Waals surface area contributed by atoms with Crippen LogP contribution in [0.1, 0.15) is 57.7 Å². The molecule has 1 heterocycles. The first-order valence-electron chi connectivity index (χ1n) is 13.8. The molecular formula is C30H35N5O7. The quantitative estimate of drug-likeness (QED) is 0.184. The summed E-state index contributed by atoms with van der Waals surface area (Å²) >= 11 is 0. The van der Waals surface area contributed by atoms with Gasteiger partial charge >= 0.3 is 0 Å². The molecule has 2 aromatic carbocycles. The maximum atomic E-state index is 13.6. The minimum absolute atomic E-state index is 0.0902. The van der Waals surface area contributed by atoms with E-state index in [1.54, 1.807) is 6.92 Å². The maximum absolute atomic E-state index is 13.6. The minimum atomic E-state index is -1.10. The zero-order valence-electron chi connectivity index (χ0n) is 23.9. The number of rotatable bonds is 16. The second-order valence-corrected chi connectivity index (χ2v) is 10.4. The molecule has 0 unspecified atom stereocenters. The zero-order chi connectivity index (χ0) is 30.8. The predicted octanol–water partition coefficient (Wildman–Crippen LogP) is 4.95. The third kappa shape index (κ3) is 8.15. The van der Waals surface area contributed by atoms with Crippen LogP contribution >= 0.6 is 0 Å². The van der Waals surface area contributed by atoms with Crippen LogP contribution in [0, 0.1) is 32.1 Å². The number of carbonyl (C=O) groups excluding carboxylic acids is 3. The number of hydrogen-bond acceptors (Lipinski definition) is 8. The summed E-state index contributed by atoms with van der Waals surface area (Å²) < 4.78 is 1.20. The molecule has 0 fully saturated rings. The topological polar surface area (TPSA) is 167 Å². The average molecular weight is 578 g/mol. The van der Waals surface area contributed by atoms with Gasteiger partial charge in [-0.15, -0.1) is 0 Å². The average Bonchev–Trinajstić information content (AvgIpc) is 3.42. The van der Waals surface area contributed by atoms with Crippen molar-refractivity contribution >= 4 is 28.8 Å². The lowest BCUT2D eigenvalue weighted by Gasteiger charge is -2.23. The van der Waals surface area contributed by atoms with Crippen molar-refractivity contribution in [3.63, 3.8) is 0 Å². The summed E-state index contributed by atoms with van der Waals surface area (Å²) in [4.78, 5) is 65.4. The number of para-hydroxylation sites is 1. The Morgan fingerprint density at radius 3 is 2.19 bits per heavy atom. The molecule has 0 radical (unpaired) electrons. The molecule has 0 saturated carbocycles. The van der Waals surface area contributed by atoms with Crippen LogP contribution in [-0.4, -0.2) is 42.9 Å². The number of nitrogens with one attached hydrogen (secondary N) is 1. The molecule has 1 N–H and O–H groups in total. The Bertz CT molecular complexity index is 1400. The fraction of sp³-hybridized carbons (Fsp3) is 0.400. The van der Waals surface area contributed by atoms with E-state index >= 15 is 0 Å². The van der Waals surface area contributed by atoms with E-state index in [-0.39, 0.29) is 41.7 Å². The smallest absolute Gasteiger partial charge is 0.300 e. The normalized spacial score (nSPS) is 13.1. The van der Waals surface area contributed by atoms with E-state index in [9.17, 15) is 34.6 Å². The highest BCUT2D eigenvalue weighted by Gasteiger charge is 2.31. The molecule has 12 nitrogen and oxygen atoms in total. The molecule has 0 aliphatic carbocycles. The Kier molecular flexibility index (Phi) is 11.2. The van der Waals surface area contributed by atoms with Crippen LogP contribution in [0.25, 0.3) is 5.69 Å². The van der Waals surface area contributed by atoms with Crippen molar-refractivity contribution in [1.29, 1.82) is 0 Å². The molecule has 0 bridgehead atoms. The highest BCUT2D eigenvalue weighted by molar-refractivity contribution is 5.93. The lowest BCUT2D eigenvalue weighted by atomic mass is 9.89. The largest absolute Gasteiger partial charge is 0.346 e. The van der Waals surface area contributed by atoms with E-state index in [1.807, 2.05) is 37.3 Å². The lowest BCUT2D eigenvalue weighted by molar-refractivity contribution is -0.393. The van der Waals surface area contributed by atoms with Crippen LogP contribution < -0.4 is 5.32 Å². The number of Topliss-reactive ketones (excluding diaryl/α,β-unsaturated/α-hetero) is 2. The van der Waals surface area contributed by atoms with Gasteiger partial charge in [0, 0.05) is 48.7 Å². The lowest BCUT2D eigenvalue weighted by Crippen LogP contribution is -2.46. The van der Waals surface area contributed by atoms with Crippen LogP contribution in [-0.2, 0) is 27.2 Å². The van der Waals surface area contributed by atoms with Crippen molar-refractivity contribution in [2.75, 3.05) is 0 Å². The molecule has 3 aromatic rings. The van der Waals surface area contributed by atoms with E-state index in [4.69, 9.17) is 0 Å². The van der Waals surface area contributed by atoms with Gasteiger partial charge in [-0.25, -0.2) is 4.98 Å². The second kappa shape index (κ2) is 14.8. The van der Waals surface area contributed by atoms with E-state index in [1.165, 1.54) is 30.1 Å². The molecule has 222 valence electrons. The van der Waals surface area contributed by atoms with Crippen molar-refractivity contribution in [2.24, 2.45) is 11.8 Å². The first-order valence-corrected chi connectivity index (χ1v) is 13.8. The van der Waals surface area contributed by atoms with Gasteiger partial charge in [-0.2, -0.15) is 0 Å². The summed E-state index contributed by atoms with van der Waals surface area (Å²) in [7, 11) is 0. The minimum Gasteiger partial charge on any atom is -0.346 e. The summed E-state index contributed by atoms with van der Waals surface area (Å²) in [6.45, 7) is 5.16. The monoisotopic (exact) mass is 577 g/mol. The molecule has 3 rings (SSSR count). The first kappa shape index (κ1) is 31.8. The van der Waals surface area contributed by atoms with Gasteiger partial charge < -0.3 is 5.32 Å². The van der Waals surface area contributed by atoms with Crippen LogP contribution in [0.15, 0.2) is 61.1 Å². The van der Waals surface area contributed by atoms with Gasteiger partial charge in [0.25, 0.3) is 11.4 Å². The third-order valence-corrected chi connectivity index (χ3v) is 7.22. The Balaban J connectivity index is 1.97. The molecule has 1 aromatic heterocycles. The zero-order valence-corrected chi connectivity index (χ0v) is 23.9. The SMILES string of the molecule is CCCC[C@H](CC(=O)[C@H](Cc1cncn1-c1c([N+](=O)[O-])cccc1[N+](=O)[O-])NC(=O)[C@@H](C)Cc1ccccc1)C(C)=O. The fourth-order valence-corrected chi connectivity index (χ4v) is 4.85. The van der Waals surface area contributed by atoms with Crippen LogP contribution in [0.3, 0.4) is 0 Å². The van der Waals surface area contributed by atoms with Gasteiger partial charge in [-0.3, -0.25) is 39.2 Å². The first-order chi connectivity index (χ1) is 20.0. The standard InChI is InChI=1S/C30H35N5O7/c1-4-5-12-23(21(3)36)16-28(37)25(32-30(38)20(2)15-22-10-7-6-8-11-22)17-24-18-31-19-33(24)29-26(34(39)40)13-9-14-27(29)35(41)42/h6-11,13-14,18-20,23,25H,4-5,12,15-17H2,1-3H3,(H,32,38)/t20-,23+,25-/m0/s1. The molecule has 42 heavy (non-hydrogen) atoms. The van der Waals surface area contributed by atoms with Crippen molar-refractivity contribution in [3.8, 4) is 5.69 Å². The molecule has 0 spiro atoms. The van der Waals surface area contributed by atoms with E-state index < -0.39 is 39.1 Å². The second-order valence-electron chi connectivity index (χ2n) is 10.4. The Morgan fingerprint density at radius 2 is 1.62 bits per heavy atom. The van der Waals surface area contributed by atoms with Gasteiger partial charge in [0.2, 0.25) is 11.6 Å². The van der Waals surface area contributed by atoms with Gasteiger partial charge in [0.1, 0.15) is 5.78 Å². The van der Waals surface area contributed by atoms with Crippen LogP contribution in [0.2, 0.25) is 0 Å². The van der Waals surface area contributed by atoms with Crippen molar-refractivity contribution in [2.45, 2.75) is 65.3 Å². The Morgan fingerprint density at radius 1 is 0.976 bits per heavy atom.